The molecule has 1 aliphatic heterocycles. The van der Waals surface area contributed by atoms with Crippen molar-refractivity contribution in [2.45, 2.75) is 25.7 Å². The van der Waals surface area contributed by atoms with Crippen molar-refractivity contribution in [2.24, 2.45) is 5.92 Å². The van der Waals surface area contributed by atoms with Gasteiger partial charge in [0.05, 0.1) is 0 Å². The molecule has 1 aliphatic carbocycles. The lowest BCUT2D eigenvalue weighted by atomic mass is 9.91. The number of hydrogen-bond donors (Lipinski definition) is 1. The minimum absolute atomic E-state index is 0.725. The molecule has 0 radical (unpaired) electrons. The van der Waals surface area contributed by atoms with Gasteiger partial charge in [-0.15, -0.1) is 0 Å². The standard InChI is InChI=1S/C13H15NO/c1-2-6-10(5-1)12-9-14-15-13-8-4-3-7-11(12)13/h3-4,7-10,14H,1-2,5-6H2. The van der Waals surface area contributed by atoms with Gasteiger partial charge in [-0.05, 0) is 30.4 Å². The Kier molecular flexibility index (Phi) is 2.13. The van der Waals surface area contributed by atoms with E-state index in [1.165, 1.54) is 36.8 Å². The summed E-state index contributed by atoms with van der Waals surface area (Å²) in [5.74, 6) is 1.68. The number of hydrogen-bond acceptors (Lipinski definition) is 2. The first-order chi connectivity index (χ1) is 7.45. The van der Waals surface area contributed by atoms with E-state index in [1.807, 2.05) is 18.3 Å². The number of allylic oxidation sites excluding steroid dienone is 1. The van der Waals surface area contributed by atoms with Gasteiger partial charge in [-0.1, -0.05) is 31.0 Å². The summed E-state index contributed by atoms with van der Waals surface area (Å²) in [5.41, 5.74) is 5.60. The predicted octanol–water partition coefficient (Wildman–Crippen LogP) is 3.11. The molecule has 1 saturated carbocycles. The quantitative estimate of drug-likeness (QED) is 0.753. The lowest BCUT2D eigenvalue weighted by molar-refractivity contribution is 0.236. The minimum atomic E-state index is 0.725. The van der Waals surface area contributed by atoms with Crippen LogP contribution in [0, 0.1) is 5.92 Å². The van der Waals surface area contributed by atoms with Gasteiger partial charge < -0.3 is 4.84 Å². The van der Waals surface area contributed by atoms with Gasteiger partial charge in [0.1, 0.15) is 0 Å². The van der Waals surface area contributed by atoms with Crippen LogP contribution in [0.3, 0.4) is 0 Å². The second-order valence-electron chi connectivity index (χ2n) is 4.30. The molecule has 1 aromatic rings. The van der Waals surface area contributed by atoms with Crippen molar-refractivity contribution in [2.75, 3.05) is 0 Å². The highest BCUT2D eigenvalue weighted by Crippen LogP contribution is 2.40. The smallest absolute Gasteiger partial charge is 0.162 e. The Balaban J connectivity index is 1.98. The number of benzene rings is 1. The fourth-order valence-corrected chi connectivity index (χ4v) is 2.60. The Morgan fingerprint density at radius 2 is 1.93 bits per heavy atom. The number of rotatable bonds is 1. The molecule has 0 spiro atoms. The molecule has 78 valence electrons. The van der Waals surface area contributed by atoms with Gasteiger partial charge in [0.2, 0.25) is 0 Å². The fraction of sp³-hybridized carbons (Fsp3) is 0.385. The van der Waals surface area contributed by atoms with Crippen molar-refractivity contribution < 1.29 is 4.84 Å². The Labute approximate surface area is 89.9 Å². The van der Waals surface area contributed by atoms with E-state index < -0.39 is 0 Å². The van der Waals surface area contributed by atoms with Crippen molar-refractivity contribution in [1.82, 2.24) is 5.48 Å². The van der Waals surface area contributed by atoms with Crippen LogP contribution < -0.4 is 10.3 Å². The Bertz CT molecular complexity index is 391. The minimum Gasteiger partial charge on any atom is -0.382 e. The first-order valence-corrected chi connectivity index (χ1v) is 5.67. The van der Waals surface area contributed by atoms with Crippen molar-refractivity contribution >= 4 is 5.57 Å². The van der Waals surface area contributed by atoms with Crippen molar-refractivity contribution in [3.8, 4) is 5.75 Å². The van der Waals surface area contributed by atoms with Crippen molar-refractivity contribution in [1.29, 1.82) is 0 Å². The van der Waals surface area contributed by atoms with Crippen LogP contribution >= 0.6 is 0 Å². The van der Waals surface area contributed by atoms with Gasteiger partial charge in [-0.25, -0.2) is 5.48 Å². The summed E-state index contributed by atoms with van der Waals surface area (Å²) in [5, 5.41) is 0. The van der Waals surface area contributed by atoms with Gasteiger partial charge in [-0.3, -0.25) is 0 Å². The summed E-state index contributed by atoms with van der Waals surface area (Å²) >= 11 is 0. The lowest BCUT2D eigenvalue weighted by Gasteiger charge is -2.22. The average Bonchev–Trinajstić information content (AvgIpc) is 2.82. The lowest BCUT2D eigenvalue weighted by Crippen LogP contribution is -2.19. The molecule has 0 aromatic heterocycles. The molecule has 15 heavy (non-hydrogen) atoms. The Morgan fingerprint density at radius 1 is 1.13 bits per heavy atom. The molecular formula is C13H15NO. The zero-order valence-electron chi connectivity index (χ0n) is 8.70. The first-order valence-electron chi connectivity index (χ1n) is 5.67. The second-order valence-corrected chi connectivity index (χ2v) is 4.30. The van der Waals surface area contributed by atoms with E-state index in [-0.39, 0.29) is 0 Å². The van der Waals surface area contributed by atoms with E-state index in [9.17, 15) is 0 Å². The van der Waals surface area contributed by atoms with E-state index in [0.29, 0.717) is 0 Å². The van der Waals surface area contributed by atoms with Gasteiger partial charge in [0.25, 0.3) is 0 Å². The van der Waals surface area contributed by atoms with Crippen LogP contribution in [0.2, 0.25) is 0 Å². The molecule has 0 bridgehead atoms. The van der Waals surface area contributed by atoms with E-state index in [1.54, 1.807) is 0 Å². The number of nitrogens with one attached hydrogen (secondary N) is 1. The van der Waals surface area contributed by atoms with Crippen LogP contribution in [-0.2, 0) is 0 Å². The molecule has 2 heteroatoms. The highest BCUT2D eigenvalue weighted by Gasteiger charge is 2.24. The molecule has 2 aliphatic rings. The molecule has 1 fully saturated rings. The van der Waals surface area contributed by atoms with Crippen LogP contribution in [0.4, 0.5) is 0 Å². The number of para-hydroxylation sites is 1. The normalized spacial score (nSPS) is 20.1. The van der Waals surface area contributed by atoms with Crippen molar-refractivity contribution in [3.05, 3.63) is 36.0 Å². The summed E-state index contributed by atoms with van der Waals surface area (Å²) in [6.07, 6.45) is 7.40. The molecule has 1 heterocycles. The van der Waals surface area contributed by atoms with Gasteiger partial charge in [0, 0.05) is 11.8 Å². The summed E-state index contributed by atoms with van der Waals surface area (Å²) in [4.78, 5) is 5.39. The predicted molar refractivity (Wildman–Crippen MR) is 60.1 cm³/mol. The van der Waals surface area contributed by atoms with Gasteiger partial charge >= 0.3 is 0 Å². The molecule has 2 nitrogen and oxygen atoms in total. The van der Waals surface area contributed by atoms with Crippen LogP contribution in [0.5, 0.6) is 5.75 Å². The third-order valence-electron chi connectivity index (χ3n) is 3.38. The zero-order chi connectivity index (χ0) is 10.1. The molecule has 1 aromatic carbocycles. The molecule has 0 amide bonds. The summed E-state index contributed by atoms with van der Waals surface area (Å²) in [7, 11) is 0. The first kappa shape index (κ1) is 8.84. The molecule has 1 N–H and O–H groups in total. The number of hydroxylamine groups is 1. The maximum Gasteiger partial charge on any atom is 0.162 e. The molecule has 3 rings (SSSR count). The maximum absolute atomic E-state index is 5.39. The summed E-state index contributed by atoms with van der Waals surface area (Å²) in [6.45, 7) is 0. The third kappa shape index (κ3) is 1.50. The summed E-state index contributed by atoms with van der Waals surface area (Å²) in [6, 6.07) is 8.26. The van der Waals surface area contributed by atoms with Crippen LogP contribution in [0.15, 0.2) is 30.5 Å². The van der Waals surface area contributed by atoms with E-state index in [2.05, 4.69) is 17.6 Å². The SMILES string of the molecule is C1=C(C2CCCC2)c2ccccc2ON1. The number of fused-ring (bicyclic) bond motifs is 1. The molecular weight excluding hydrogens is 186 g/mol. The maximum atomic E-state index is 5.39. The highest BCUT2D eigenvalue weighted by molar-refractivity contribution is 5.73. The molecule has 0 atom stereocenters. The van der Waals surface area contributed by atoms with Gasteiger partial charge in [0.15, 0.2) is 5.75 Å². The Hall–Kier alpha value is -1.44. The van der Waals surface area contributed by atoms with E-state index >= 15 is 0 Å². The van der Waals surface area contributed by atoms with Crippen molar-refractivity contribution in [3.63, 3.8) is 0 Å². The van der Waals surface area contributed by atoms with Crippen LogP contribution in [-0.4, -0.2) is 0 Å². The Morgan fingerprint density at radius 3 is 2.80 bits per heavy atom. The fourth-order valence-electron chi connectivity index (χ4n) is 2.60. The van der Waals surface area contributed by atoms with Crippen LogP contribution in [0.25, 0.3) is 5.57 Å². The zero-order valence-corrected chi connectivity index (χ0v) is 8.70. The van der Waals surface area contributed by atoms with E-state index in [0.717, 1.165) is 11.7 Å². The average molecular weight is 201 g/mol. The summed E-state index contributed by atoms with van der Waals surface area (Å²) < 4.78 is 0. The topological polar surface area (TPSA) is 21.3 Å². The van der Waals surface area contributed by atoms with E-state index in [4.69, 9.17) is 4.84 Å². The third-order valence-corrected chi connectivity index (χ3v) is 3.38. The molecule has 0 saturated heterocycles. The molecule has 0 unspecified atom stereocenters. The highest BCUT2D eigenvalue weighted by atomic mass is 16.6. The largest absolute Gasteiger partial charge is 0.382 e. The van der Waals surface area contributed by atoms with Gasteiger partial charge in [-0.2, -0.15) is 0 Å². The second kappa shape index (κ2) is 3.61. The monoisotopic (exact) mass is 201 g/mol. The van der Waals surface area contributed by atoms with Crippen LogP contribution in [0.1, 0.15) is 31.2 Å².